The number of halogens is 2. The third-order valence-electron chi connectivity index (χ3n) is 3.88. The average molecular weight is 472 g/mol. The van der Waals surface area contributed by atoms with Crippen LogP contribution in [-0.4, -0.2) is 24.6 Å². The van der Waals surface area contributed by atoms with Gasteiger partial charge in [0.05, 0.1) is 18.2 Å². The summed E-state index contributed by atoms with van der Waals surface area (Å²) in [6.07, 6.45) is 2.42. The molecule has 9 heteroatoms. The molecule has 0 radical (unpaired) electrons. The zero-order valence-corrected chi connectivity index (χ0v) is 18.6. The Balaban J connectivity index is 0.000000253. The van der Waals surface area contributed by atoms with Gasteiger partial charge in [-0.2, -0.15) is 10.5 Å². The topological polar surface area (TPSA) is 134 Å². The summed E-state index contributed by atoms with van der Waals surface area (Å²) in [5.74, 6) is -0.572. The van der Waals surface area contributed by atoms with Crippen molar-refractivity contribution in [1.82, 2.24) is 0 Å². The van der Waals surface area contributed by atoms with Crippen molar-refractivity contribution in [1.29, 1.82) is 10.5 Å². The number of anilines is 1. The minimum atomic E-state index is -0.449. The molecule has 0 aliphatic heterocycles. The summed E-state index contributed by atoms with van der Waals surface area (Å²) >= 11 is 11.4. The predicted molar refractivity (Wildman–Crippen MR) is 122 cm³/mol. The van der Waals surface area contributed by atoms with Gasteiger partial charge in [0.1, 0.15) is 12.5 Å². The molecular formula is C23H19Cl2N3O4. The number of carbonyl (C=O) groups is 3. The normalized spacial score (nSPS) is 11.0. The number of allylic oxidation sites excluding steroid dienone is 1. The molecule has 2 aromatic carbocycles. The number of hydrogen-bond acceptors (Lipinski definition) is 7. The van der Waals surface area contributed by atoms with Crippen LogP contribution in [0.3, 0.4) is 0 Å². The molecule has 1 aliphatic carbocycles. The number of nitrogen functional groups attached to an aromatic ring is 1. The fourth-order valence-electron chi connectivity index (χ4n) is 2.38. The number of benzene rings is 2. The first kappa shape index (κ1) is 26.4. The lowest BCUT2D eigenvalue weighted by Crippen LogP contribution is -2.10. The van der Waals surface area contributed by atoms with Crippen LogP contribution in [0.2, 0.25) is 10.0 Å². The number of fused-ring (bicyclic) bond motifs is 1. The lowest BCUT2D eigenvalue weighted by atomic mass is 9.92. The van der Waals surface area contributed by atoms with Crippen LogP contribution in [0.25, 0.3) is 6.08 Å². The van der Waals surface area contributed by atoms with Gasteiger partial charge in [-0.1, -0.05) is 29.3 Å². The van der Waals surface area contributed by atoms with E-state index in [2.05, 4.69) is 4.74 Å². The minimum absolute atomic E-state index is 0.123. The van der Waals surface area contributed by atoms with Crippen molar-refractivity contribution in [2.75, 3.05) is 12.3 Å². The maximum Gasteiger partial charge on any atom is 0.320 e. The minimum Gasteiger partial charge on any atom is -0.465 e. The van der Waals surface area contributed by atoms with E-state index < -0.39 is 5.97 Å². The molecule has 0 heterocycles. The molecule has 32 heavy (non-hydrogen) atoms. The lowest BCUT2D eigenvalue weighted by Gasteiger charge is -2.11. The third-order valence-corrected chi connectivity index (χ3v) is 4.35. The molecule has 0 aromatic heterocycles. The Morgan fingerprint density at radius 1 is 1.19 bits per heavy atom. The Morgan fingerprint density at radius 2 is 1.84 bits per heavy atom. The maximum absolute atomic E-state index is 11.3. The van der Waals surface area contributed by atoms with E-state index in [9.17, 15) is 14.4 Å². The fourth-order valence-corrected chi connectivity index (χ4v) is 2.75. The van der Waals surface area contributed by atoms with Crippen LogP contribution in [0.5, 0.6) is 0 Å². The molecule has 0 amide bonds. The summed E-state index contributed by atoms with van der Waals surface area (Å²) in [5, 5.41) is 17.7. The summed E-state index contributed by atoms with van der Waals surface area (Å²) in [6, 6.07) is 13.7. The molecule has 164 valence electrons. The van der Waals surface area contributed by atoms with E-state index in [4.69, 9.17) is 39.5 Å². The Bertz CT molecular complexity index is 1120. The zero-order valence-electron chi connectivity index (χ0n) is 17.1. The molecular weight excluding hydrogens is 453 g/mol. The van der Waals surface area contributed by atoms with Gasteiger partial charge in [0.15, 0.2) is 12.1 Å². The van der Waals surface area contributed by atoms with Crippen molar-refractivity contribution in [3.05, 3.63) is 68.7 Å². The van der Waals surface area contributed by atoms with Gasteiger partial charge in [0.25, 0.3) is 0 Å². The van der Waals surface area contributed by atoms with E-state index in [1.54, 1.807) is 43.3 Å². The summed E-state index contributed by atoms with van der Waals surface area (Å²) < 4.78 is 4.42. The van der Waals surface area contributed by atoms with Gasteiger partial charge >= 0.3 is 5.97 Å². The van der Waals surface area contributed by atoms with Crippen LogP contribution in [0.1, 0.15) is 34.8 Å². The van der Waals surface area contributed by atoms with Gasteiger partial charge in [-0.25, -0.2) is 0 Å². The standard InChI is InChI=1S/C11H6ClNO.C7H6ClNO.C5H7NO2/c12-10-2-1-7-5-11(14)9(6-13)3-8(7)4-10;8-6-1-2-7(9)5(3-6)4-10;1-2-8-5(7)3-4-6/h1-4H,5H2;1-4H,9H2;2-3H2,1H3. The van der Waals surface area contributed by atoms with Gasteiger partial charge in [0.2, 0.25) is 0 Å². The predicted octanol–water partition coefficient (Wildman–Crippen LogP) is 4.57. The molecule has 0 bridgehead atoms. The van der Waals surface area contributed by atoms with Crippen LogP contribution in [0, 0.1) is 22.7 Å². The first-order valence-corrected chi connectivity index (χ1v) is 9.97. The highest BCUT2D eigenvalue weighted by atomic mass is 35.5. The van der Waals surface area contributed by atoms with E-state index in [-0.39, 0.29) is 17.8 Å². The van der Waals surface area contributed by atoms with E-state index in [1.807, 2.05) is 12.1 Å². The van der Waals surface area contributed by atoms with Gasteiger partial charge in [-0.05, 0) is 54.5 Å². The van der Waals surface area contributed by atoms with Crippen molar-refractivity contribution < 1.29 is 19.1 Å². The van der Waals surface area contributed by atoms with Gasteiger partial charge in [-0.3, -0.25) is 14.4 Å². The highest BCUT2D eigenvalue weighted by molar-refractivity contribution is 6.31. The Hall–Kier alpha value is -3.65. The maximum atomic E-state index is 11.3. The Labute approximate surface area is 195 Å². The SMILES string of the molecule is CCOC(=O)CC#N.N#CC1=Cc2cc(Cl)ccc2CC1=O.Nc1ccc(Cl)cc1C=O. The number of rotatable bonds is 3. The largest absolute Gasteiger partial charge is 0.465 e. The Morgan fingerprint density at radius 3 is 2.41 bits per heavy atom. The number of ketones is 1. The molecule has 1 aliphatic rings. The van der Waals surface area contributed by atoms with Crippen molar-refractivity contribution in [2.45, 2.75) is 19.8 Å². The van der Waals surface area contributed by atoms with Gasteiger partial charge < -0.3 is 10.5 Å². The highest BCUT2D eigenvalue weighted by Crippen LogP contribution is 2.24. The number of esters is 1. The zero-order chi connectivity index (χ0) is 24.1. The first-order valence-electron chi connectivity index (χ1n) is 9.21. The smallest absolute Gasteiger partial charge is 0.320 e. The monoisotopic (exact) mass is 471 g/mol. The number of ether oxygens (including phenoxy) is 1. The molecule has 0 saturated heterocycles. The van der Waals surface area contributed by atoms with Crippen LogP contribution < -0.4 is 5.73 Å². The summed E-state index contributed by atoms with van der Waals surface area (Å²) in [6.45, 7) is 2.05. The fraction of sp³-hybridized carbons (Fsp3) is 0.174. The van der Waals surface area contributed by atoms with Crippen LogP contribution in [0.4, 0.5) is 5.69 Å². The Kier molecular flexibility index (Phi) is 11.2. The first-order chi connectivity index (χ1) is 15.2. The molecule has 0 spiro atoms. The van der Waals surface area contributed by atoms with Crippen molar-refractivity contribution in [3.63, 3.8) is 0 Å². The molecule has 3 rings (SSSR count). The van der Waals surface area contributed by atoms with Crippen molar-refractivity contribution in [2.24, 2.45) is 0 Å². The number of nitriles is 2. The number of aldehydes is 1. The molecule has 2 aromatic rings. The van der Waals surface area contributed by atoms with E-state index in [0.717, 1.165) is 11.1 Å². The summed E-state index contributed by atoms with van der Waals surface area (Å²) in [7, 11) is 0. The quantitative estimate of drug-likeness (QED) is 0.393. The second-order valence-electron chi connectivity index (χ2n) is 6.14. The molecule has 0 fully saturated rings. The average Bonchev–Trinajstić information content (AvgIpc) is 2.76. The summed E-state index contributed by atoms with van der Waals surface area (Å²) in [5.41, 5.74) is 8.31. The number of hydrogen-bond donors (Lipinski definition) is 1. The van der Waals surface area contributed by atoms with Gasteiger partial charge in [0, 0.05) is 27.7 Å². The molecule has 0 saturated carbocycles. The lowest BCUT2D eigenvalue weighted by molar-refractivity contribution is -0.141. The van der Waals surface area contributed by atoms with Crippen molar-refractivity contribution in [3.8, 4) is 12.1 Å². The van der Waals surface area contributed by atoms with Gasteiger partial charge in [-0.15, -0.1) is 0 Å². The number of nitrogens with two attached hydrogens (primary N) is 1. The number of carbonyl (C=O) groups excluding carboxylic acids is 3. The van der Waals surface area contributed by atoms with Crippen LogP contribution >= 0.6 is 23.2 Å². The second kappa shape index (κ2) is 13.6. The van der Waals surface area contributed by atoms with Crippen LogP contribution in [0.15, 0.2) is 42.0 Å². The molecule has 7 nitrogen and oxygen atoms in total. The van der Waals surface area contributed by atoms with Crippen LogP contribution in [-0.2, 0) is 20.7 Å². The molecule has 0 atom stereocenters. The molecule has 0 unspecified atom stereocenters. The molecule has 2 N–H and O–H groups in total. The number of Topliss-reactive ketones (excluding diaryl/α,β-unsaturated/α-hetero) is 1. The van der Waals surface area contributed by atoms with E-state index in [0.29, 0.717) is 40.6 Å². The van der Waals surface area contributed by atoms with Crippen molar-refractivity contribution >= 4 is 53.0 Å². The van der Waals surface area contributed by atoms with E-state index >= 15 is 0 Å². The highest BCUT2D eigenvalue weighted by Gasteiger charge is 2.17. The third kappa shape index (κ3) is 8.61. The number of nitrogens with zero attached hydrogens (tertiary/aromatic N) is 2. The van der Waals surface area contributed by atoms with E-state index in [1.165, 1.54) is 6.07 Å². The summed E-state index contributed by atoms with van der Waals surface area (Å²) in [4.78, 5) is 31.8. The second-order valence-corrected chi connectivity index (χ2v) is 7.02.